The monoisotopic (exact) mass is 493 g/mol. The van der Waals surface area contributed by atoms with E-state index in [1.54, 1.807) is 0 Å². The van der Waals surface area contributed by atoms with Gasteiger partial charge in [0.2, 0.25) is 6.71 Å². The predicted molar refractivity (Wildman–Crippen MR) is 82.2 cm³/mol. The lowest BCUT2D eigenvalue weighted by molar-refractivity contribution is 0.382. The largest absolute Gasteiger partial charge is 0.282 e. The summed E-state index contributed by atoms with van der Waals surface area (Å²) in [6, 6.07) is 0.897. The fraction of sp³-hybridized carbons (Fsp3) is 0. The minimum atomic E-state index is -3.64. The highest BCUT2D eigenvalue weighted by atomic mass is 19.2. The van der Waals surface area contributed by atoms with Gasteiger partial charge in [-0.05, 0) is 0 Å². The maximum Gasteiger partial charge on any atom is 0.235 e. The van der Waals surface area contributed by atoms with E-state index in [0.717, 1.165) is 6.07 Å². The van der Waals surface area contributed by atoms with E-state index in [1.807, 2.05) is 0 Å². The summed E-state index contributed by atoms with van der Waals surface area (Å²) < 4.78 is 194. The molecule has 0 saturated heterocycles. The highest BCUT2D eigenvalue weighted by Crippen LogP contribution is 2.22. The minimum Gasteiger partial charge on any atom is -0.282 e. The molecule has 0 heterocycles. The predicted octanol–water partition coefficient (Wildman–Crippen LogP) is 3.95. The van der Waals surface area contributed by atoms with Gasteiger partial charge in [0, 0.05) is 22.6 Å². The molecule has 3 aromatic rings. The number of hydrogen-bond acceptors (Lipinski definition) is 0. The second-order valence-corrected chi connectivity index (χ2v) is 6.19. The molecule has 3 rings (SSSR count). The standard InChI is InChI=1S/C18BF14/c20-3-1-2(6(21)12(27)7(3)22)19(4-8(23)13(28)17(32)14(29)9(4)24)5-10(25)15(30)18(33)16(31)11(5)26/q-1. The number of hydrogen-bond donors (Lipinski definition) is 0. The maximum absolute atomic E-state index is 14.4. The number of halogens is 14. The van der Waals surface area contributed by atoms with Crippen LogP contribution in [-0.2, 0) is 0 Å². The van der Waals surface area contributed by atoms with E-state index < -0.39 is 105 Å². The minimum absolute atomic E-state index is 0.897. The van der Waals surface area contributed by atoms with Gasteiger partial charge >= 0.3 is 0 Å². The van der Waals surface area contributed by atoms with Gasteiger partial charge in [-0.2, -0.15) is 0 Å². The van der Waals surface area contributed by atoms with Crippen LogP contribution >= 0.6 is 0 Å². The van der Waals surface area contributed by atoms with Crippen molar-refractivity contribution in [2.75, 3.05) is 0 Å². The Morgan fingerprint density at radius 3 is 0.939 bits per heavy atom. The Bertz CT molecular complexity index is 1190. The molecular formula is C18BF14-. The van der Waals surface area contributed by atoms with Crippen LogP contribution in [0.2, 0.25) is 0 Å². The summed E-state index contributed by atoms with van der Waals surface area (Å²) in [5.41, 5.74) is -7.14. The maximum atomic E-state index is 14.4. The van der Waals surface area contributed by atoms with Crippen LogP contribution in [0.4, 0.5) is 61.5 Å². The zero-order valence-electron chi connectivity index (χ0n) is 14.9. The molecule has 15 heteroatoms. The third-order valence-electron chi connectivity index (χ3n) is 4.41. The van der Waals surface area contributed by atoms with Gasteiger partial charge in [-0.25, -0.2) is 52.7 Å². The van der Waals surface area contributed by atoms with Crippen LogP contribution in [0.15, 0.2) is 0 Å². The molecule has 33 heavy (non-hydrogen) atoms. The van der Waals surface area contributed by atoms with Gasteiger partial charge in [-0.3, -0.25) is 8.78 Å². The second kappa shape index (κ2) is 8.26. The van der Waals surface area contributed by atoms with Gasteiger partial charge in [-0.15, -0.1) is 11.5 Å². The van der Waals surface area contributed by atoms with Crippen LogP contribution in [0.5, 0.6) is 0 Å². The van der Waals surface area contributed by atoms with Crippen LogP contribution in [0.1, 0.15) is 0 Å². The van der Waals surface area contributed by atoms with Gasteiger partial charge in [0.15, 0.2) is 58.2 Å². The average Bonchev–Trinajstić information content (AvgIpc) is 2.79. The lowest BCUT2D eigenvalue weighted by Crippen LogP contribution is -2.59. The lowest BCUT2D eigenvalue weighted by atomic mass is 9.36. The number of rotatable bonds is 3. The van der Waals surface area contributed by atoms with Gasteiger partial charge in [0.1, 0.15) is 0 Å². The van der Waals surface area contributed by atoms with E-state index in [9.17, 15) is 61.5 Å². The Hall–Kier alpha value is -3.26. The topological polar surface area (TPSA) is 0 Å². The molecule has 0 aromatic heterocycles. The van der Waals surface area contributed by atoms with Crippen molar-refractivity contribution in [3.05, 3.63) is 87.5 Å². The van der Waals surface area contributed by atoms with E-state index >= 15 is 0 Å². The van der Waals surface area contributed by atoms with Crippen molar-refractivity contribution in [1.29, 1.82) is 0 Å². The van der Waals surface area contributed by atoms with Gasteiger partial charge in [0.25, 0.3) is 0 Å². The smallest absolute Gasteiger partial charge is 0.235 e. The van der Waals surface area contributed by atoms with Crippen molar-refractivity contribution < 1.29 is 61.5 Å². The summed E-state index contributed by atoms with van der Waals surface area (Å²) >= 11 is 0. The molecular weight excluding hydrogens is 493 g/mol. The second-order valence-electron chi connectivity index (χ2n) is 6.19. The Labute approximate surface area is 173 Å². The Balaban J connectivity index is 2.62. The first kappa shape index (κ1) is 24.4. The first-order valence-electron chi connectivity index (χ1n) is 8.01. The van der Waals surface area contributed by atoms with Crippen molar-refractivity contribution in [2.24, 2.45) is 0 Å². The summed E-state index contributed by atoms with van der Waals surface area (Å²) in [5, 5.41) is 0. The molecule has 0 saturated carbocycles. The number of benzene rings is 3. The van der Waals surface area contributed by atoms with Crippen LogP contribution in [-0.4, -0.2) is 6.71 Å². The Morgan fingerprint density at radius 1 is 0.333 bits per heavy atom. The molecule has 0 radical (unpaired) electrons. The highest BCUT2D eigenvalue weighted by Gasteiger charge is 2.40. The van der Waals surface area contributed by atoms with Crippen molar-refractivity contribution in [2.45, 2.75) is 0 Å². The molecule has 0 amide bonds. The zero-order chi connectivity index (χ0) is 25.1. The molecule has 0 atom stereocenters. The van der Waals surface area contributed by atoms with E-state index in [4.69, 9.17) is 0 Å². The van der Waals surface area contributed by atoms with Crippen molar-refractivity contribution >= 4 is 23.1 Å². The molecule has 0 spiro atoms. The zero-order valence-corrected chi connectivity index (χ0v) is 14.9. The van der Waals surface area contributed by atoms with Gasteiger partial charge in [-0.1, -0.05) is 0 Å². The van der Waals surface area contributed by atoms with Crippen molar-refractivity contribution in [1.82, 2.24) is 0 Å². The highest BCUT2D eigenvalue weighted by molar-refractivity contribution is 6.95. The molecule has 0 N–H and O–H groups in total. The van der Waals surface area contributed by atoms with Gasteiger partial charge < -0.3 is 0 Å². The molecule has 0 aliphatic carbocycles. The summed E-state index contributed by atoms with van der Waals surface area (Å²) in [6.45, 7) is -3.64. The average molecular weight is 493 g/mol. The van der Waals surface area contributed by atoms with E-state index in [-0.39, 0.29) is 0 Å². The summed E-state index contributed by atoms with van der Waals surface area (Å²) in [6.07, 6.45) is 0. The van der Waals surface area contributed by atoms with Crippen molar-refractivity contribution in [3.8, 4) is 0 Å². The third kappa shape index (κ3) is 3.49. The SMILES string of the molecule is Fc1[c-]c(B(c2c(F)c(F)c(F)c(F)c2F)c2c(F)c(F)c(F)c(F)c2F)c(F)c(F)c1F. The molecule has 0 bridgehead atoms. The third-order valence-corrected chi connectivity index (χ3v) is 4.41. The fourth-order valence-electron chi connectivity index (χ4n) is 2.92. The first-order chi connectivity index (χ1) is 15.2. The van der Waals surface area contributed by atoms with Crippen LogP contribution < -0.4 is 16.4 Å². The van der Waals surface area contributed by atoms with Crippen LogP contribution in [0, 0.1) is 87.5 Å². The summed E-state index contributed by atoms with van der Waals surface area (Å²) in [5.74, 6) is -39.7. The van der Waals surface area contributed by atoms with Crippen LogP contribution in [0.3, 0.4) is 0 Å². The molecule has 0 nitrogen and oxygen atoms in total. The molecule has 0 aliphatic rings. The first-order valence-corrected chi connectivity index (χ1v) is 8.01. The molecule has 0 aliphatic heterocycles. The summed E-state index contributed by atoms with van der Waals surface area (Å²) in [4.78, 5) is 0. The fourth-order valence-corrected chi connectivity index (χ4v) is 2.92. The van der Waals surface area contributed by atoms with Crippen molar-refractivity contribution in [3.63, 3.8) is 0 Å². The normalized spacial score (nSPS) is 11.3. The van der Waals surface area contributed by atoms with Crippen LogP contribution in [0.25, 0.3) is 0 Å². The molecule has 0 fully saturated rings. The molecule has 3 aromatic carbocycles. The van der Waals surface area contributed by atoms with E-state index in [0.29, 0.717) is 0 Å². The lowest BCUT2D eigenvalue weighted by Gasteiger charge is -2.24. The van der Waals surface area contributed by atoms with Gasteiger partial charge in [0.05, 0.1) is 11.6 Å². The van der Waals surface area contributed by atoms with E-state index in [2.05, 4.69) is 0 Å². The quantitative estimate of drug-likeness (QED) is 0.171. The molecule has 0 unspecified atom stereocenters. The Kier molecular flexibility index (Phi) is 6.11. The molecule has 174 valence electrons. The van der Waals surface area contributed by atoms with E-state index in [1.165, 1.54) is 0 Å². The summed E-state index contributed by atoms with van der Waals surface area (Å²) in [7, 11) is 0. The Morgan fingerprint density at radius 2 is 0.606 bits per heavy atom.